The molecule has 0 spiro atoms. The van der Waals surface area contributed by atoms with E-state index >= 15 is 0 Å². The van der Waals surface area contributed by atoms with Crippen LogP contribution >= 0.6 is 0 Å². The Hall–Kier alpha value is -2.97. The van der Waals surface area contributed by atoms with E-state index in [1.165, 1.54) is 0 Å². The van der Waals surface area contributed by atoms with Crippen molar-refractivity contribution >= 4 is 17.7 Å². The molecule has 30 heavy (non-hydrogen) atoms. The van der Waals surface area contributed by atoms with Crippen LogP contribution in [-0.2, 0) is 14.3 Å². The summed E-state index contributed by atoms with van der Waals surface area (Å²) in [6.45, 7) is 7.57. The van der Waals surface area contributed by atoms with Gasteiger partial charge in [-0.3, -0.25) is 14.5 Å². The van der Waals surface area contributed by atoms with Crippen molar-refractivity contribution in [2.45, 2.75) is 13.8 Å². The van der Waals surface area contributed by atoms with Gasteiger partial charge in [-0.15, -0.1) is 0 Å². The standard InChI is InChI=1S/C22H27N3O5/c1-3-30-22(28)17-15(2)24-19(18(17)16-7-5-4-6-8-16)20(26)21(27)23-9-10-25-11-13-29-14-12-25/h4-8,24H,3,9-14H2,1-2H3,(H,23,27). The molecule has 1 aliphatic rings. The van der Waals surface area contributed by atoms with Gasteiger partial charge in [0.15, 0.2) is 0 Å². The van der Waals surface area contributed by atoms with Gasteiger partial charge >= 0.3 is 5.97 Å². The Morgan fingerprint density at radius 2 is 1.87 bits per heavy atom. The summed E-state index contributed by atoms with van der Waals surface area (Å²) in [5, 5.41) is 2.68. The molecule has 1 saturated heterocycles. The first-order chi connectivity index (χ1) is 14.5. The summed E-state index contributed by atoms with van der Waals surface area (Å²) in [5.41, 5.74) is 1.89. The van der Waals surface area contributed by atoms with Crippen LogP contribution in [-0.4, -0.2) is 73.5 Å². The number of aromatic nitrogens is 1. The maximum absolute atomic E-state index is 12.9. The molecule has 0 bridgehead atoms. The fraction of sp³-hybridized carbons (Fsp3) is 0.409. The van der Waals surface area contributed by atoms with E-state index in [4.69, 9.17) is 9.47 Å². The molecule has 2 heterocycles. The monoisotopic (exact) mass is 413 g/mol. The lowest BCUT2D eigenvalue weighted by Crippen LogP contribution is -2.42. The lowest BCUT2D eigenvalue weighted by atomic mass is 9.98. The first-order valence-corrected chi connectivity index (χ1v) is 10.1. The number of morpholine rings is 1. The molecule has 1 aromatic heterocycles. The van der Waals surface area contributed by atoms with Crippen LogP contribution in [0.25, 0.3) is 11.1 Å². The molecule has 1 aromatic carbocycles. The number of hydrogen-bond donors (Lipinski definition) is 2. The van der Waals surface area contributed by atoms with Gasteiger partial charge in [-0.1, -0.05) is 30.3 Å². The number of rotatable bonds is 8. The molecule has 0 radical (unpaired) electrons. The number of Topliss-reactive ketones (excluding diaryl/α,β-unsaturated/α-hetero) is 1. The zero-order valence-electron chi connectivity index (χ0n) is 17.3. The second-order valence-corrected chi connectivity index (χ2v) is 7.00. The second kappa shape index (κ2) is 10.2. The Morgan fingerprint density at radius 3 is 2.53 bits per heavy atom. The van der Waals surface area contributed by atoms with Crippen LogP contribution in [0.15, 0.2) is 30.3 Å². The number of esters is 1. The molecule has 0 saturated carbocycles. The third-order valence-electron chi connectivity index (χ3n) is 4.98. The van der Waals surface area contributed by atoms with Gasteiger partial charge in [0.1, 0.15) is 5.69 Å². The summed E-state index contributed by atoms with van der Waals surface area (Å²) in [6, 6.07) is 9.04. The Kier molecular flexibility index (Phi) is 7.37. The topological polar surface area (TPSA) is 101 Å². The number of amides is 1. The van der Waals surface area contributed by atoms with Crippen molar-refractivity contribution in [3.8, 4) is 11.1 Å². The van der Waals surface area contributed by atoms with Gasteiger partial charge in [0.05, 0.1) is 25.4 Å². The van der Waals surface area contributed by atoms with Crippen molar-refractivity contribution in [3.05, 3.63) is 47.3 Å². The minimum atomic E-state index is -0.713. The Morgan fingerprint density at radius 1 is 1.17 bits per heavy atom. The normalized spacial score (nSPS) is 14.3. The average Bonchev–Trinajstić information content (AvgIpc) is 3.11. The van der Waals surface area contributed by atoms with Crippen molar-refractivity contribution in [1.29, 1.82) is 0 Å². The average molecular weight is 413 g/mol. The van der Waals surface area contributed by atoms with Gasteiger partial charge in [0, 0.05) is 37.4 Å². The first kappa shape index (κ1) is 21.7. The smallest absolute Gasteiger partial charge is 0.340 e. The van der Waals surface area contributed by atoms with Crippen molar-refractivity contribution in [2.75, 3.05) is 46.0 Å². The van der Waals surface area contributed by atoms with E-state index < -0.39 is 17.7 Å². The molecule has 3 rings (SSSR count). The number of aryl methyl sites for hydroxylation is 1. The van der Waals surface area contributed by atoms with E-state index in [0.29, 0.717) is 43.1 Å². The largest absolute Gasteiger partial charge is 0.462 e. The zero-order valence-corrected chi connectivity index (χ0v) is 17.3. The minimum Gasteiger partial charge on any atom is -0.462 e. The molecule has 0 atom stereocenters. The van der Waals surface area contributed by atoms with Crippen LogP contribution in [0.5, 0.6) is 0 Å². The van der Waals surface area contributed by atoms with Crippen LogP contribution in [0, 0.1) is 6.92 Å². The molecule has 1 fully saturated rings. The van der Waals surface area contributed by atoms with Gasteiger partial charge in [-0.2, -0.15) is 0 Å². The van der Waals surface area contributed by atoms with E-state index in [1.54, 1.807) is 26.0 Å². The van der Waals surface area contributed by atoms with Gasteiger partial charge in [0.2, 0.25) is 0 Å². The summed E-state index contributed by atoms with van der Waals surface area (Å²) in [5.74, 6) is -1.96. The lowest BCUT2D eigenvalue weighted by Gasteiger charge is -2.26. The van der Waals surface area contributed by atoms with E-state index in [-0.39, 0.29) is 17.9 Å². The quantitative estimate of drug-likeness (QED) is 0.389. The van der Waals surface area contributed by atoms with Gasteiger partial charge in [0.25, 0.3) is 11.7 Å². The van der Waals surface area contributed by atoms with Crippen LogP contribution in [0.1, 0.15) is 33.5 Å². The molecular formula is C22H27N3O5. The van der Waals surface area contributed by atoms with E-state index in [1.807, 2.05) is 18.2 Å². The number of carbonyl (C=O) groups excluding carboxylic acids is 3. The van der Waals surface area contributed by atoms with Crippen molar-refractivity contribution < 1.29 is 23.9 Å². The van der Waals surface area contributed by atoms with E-state index in [9.17, 15) is 14.4 Å². The summed E-state index contributed by atoms with van der Waals surface area (Å²) >= 11 is 0. The molecule has 0 unspecified atom stereocenters. The fourth-order valence-corrected chi connectivity index (χ4v) is 3.49. The molecule has 1 aliphatic heterocycles. The van der Waals surface area contributed by atoms with Gasteiger partial charge in [-0.25, -0.2) is 4.79 Å². The maximum atomic E-state index is 12.9. The number of nitrogens with zero attached hydrogens (tertiary/aromatic N) is 1. The van der Waals surface area contributed by atoms with Gasteiger partial charge < -0.3 is 19.8 Å². The molecule has 0 aliphatic carbocycles. The highest BCUT2D eigenvalue weighted by Gasteiger charge is 2.29. The first-order valence-electron chi connectivity index (χ1n) is 10.1. The number of nitrogens with one attached hydrogen (secondary N) is 2. The summed E-state index contributed by atoms with van der Waals surface area (Å²) < 4.78 is 10.5. The second-order valence-electron chi connectivity index (χ2n) is 7.00. The number of hydrogen-bond acceptors (Lipinski definition) is 6. The maximum Gasteiger partial charge on any atom is 0.340 e. The molecule has 8 nitrogen and oxygen atoms in total. The predicted octanol–water partition coefficient (Wildman–Crippen LogP) is 1.80. The van der Waals surface area contributed by atoms with Crippen molar-refractivity contribution in [3.63, 3.8) is 0 Å². The Balaban J connectivity index is 1.81. The highest BCUT2D eigenvalue weighted by molar-refractivity contribution is 6.43. The van der Waals surface area contributed by atoms with E-state index in [0.717, 1.165) is 13.1 Å². The highest BCUT2D eigenvalue weighted by atomic mass is 16.5. The van der Waals surface area contributed by atoms with Crippen LogP contribution in [0.3, 0.4) is 0 Å². The van der Waals surface area contributed by atoms with Crippen LogP contribution in [0.2, 0.25) is 0 Å². The molecular weight excluding hydrogens is 386 g/mol. The minimum absolute atomic E-state index is 0.0885. The number of H-pyrrole nitrogens is 1. The van der Waals surface area contributed by atoms with Gasteiger partial charge in [-0.05, 0) is 19.4 Å². The predicted molar refractivity (Wildman–Crippen MR) is 112 cm³/mol. The van der Waals surface area contributed by atoms with E-state index in [2.05, 4.69) is 15.2 Å². The van der Waals surface area contributed by atoms with Crippen molar-refractivity contribution in [1.82, 2.24) is 15.2 Å². The summed E-state index contributed by atoms with van der Waals surface area (Å²) in [7, 11) is 0. The fourth-order valence-electron chi connectivity index (χ4n) is 3.49. The number of ketones is 1. The Labute approximate surface area is 175 Å². The summed E-state index contributed by atoms with van der Waals surface area (Å²) in [6.07, 6.45) is 0. The third-order valence-corrected chi connectivity index (χ3v) is 4.98. The molecule has 1 amide bonds. The SMILES string of the molecule is CCOC(=O)c1c(C)[nH]c(C(=O)C(=O)NCCN2CCOCC2)c1-c1ccccc1. The summed E-state index contributed by atoms with van der Waals surface area (Å²) in [4.78, 5) is 43.1. The molecule has 2 aromatic rings. The Bertz CT molecular complexity index is 901. The molecule has 160 valence electrons. The molecule has 2 N–H and O–H groups in total. The number of benzene rings is 1. The number of ether oxygens (including phenoxy) is 2. The number of carbonyl (C=O) groups is 3. The zero-order chi connectivity index (χ0) is 21.5. The van der Waals surface area contributed by atoms with Crippen LogP contribution in [0.4, 0.5) is 0 Å². The number of aromatic amines is 1. The molecule has 8 heteroatoms. The third kappa shape index (κ3) is 4.95. The van der Waals surface area contributed by atoms with Crippen molar-refractivity contribution in [2.24, 2.45) is 0 Å². The lowest BCUT2D eigenvalue weighted by molar-refractivity contribution is -0.117. The van der Waals surface area contributed by atoms with Crippen LogP contribution < -0.4 is 5.32 Å². The highest BCUT2D eigenvalue weighted by Crippen LogP contribution is 2.31.